The van der Waals surface area contributed by atoms with Gasteiger partial charge in [-0.25, -0.2) is 13.9 Å². The zero-order valence-electron chi connectivity index (χ0n) is 15.5. The summed E-state index contributed by atoms with van der Waals surface area (Å²) in [5.74, 6) is -1.88. The van der Waals surface area contributed by atoms with Crippen LogP contribution in [0.3, 0.4) is 0 Å². The first kappa shape index (κ1) is 20.3. The van der Waals surface area contributed by atoms with E-state index in [1.165, 1.54) is 35.9 Å². The highest BCUT2D eigenvalue weighted by Gasteiger charge is 2.21. The monoisotopic (exact) mass is 375 g/mol. The molecule has 0 fully saturated rings. The number of aromatic nitrogens is 2. The van der Waals surface area contributed by atoms with E-state index in [-0.39, 0.29) is 16.9 Å². The van der Waals surface area contributed by atoms with Gasteiger partial charge in [-0.15, -0.1) is 0 Å². The maximum absolute atomic E-state index is 13.5. The fourth-order valence-corrected chi connectivity index (χ4v) is 2.21. The minimum absolute atomic E-state index is 0.0632. The predicted molar refractivity (Wildman–Crippen MR) is 98.0 cm³/mol. The van der Waals surface area contributed by atoms with Gasteiger partial charge in [0.25, 0.3) is 11.5 Å². The van der Waals surface area contributed by atoms with E-state index in [9.17, 15) is 18.8 Å². The molecule has 2 rings (SSSR count). The number of nitrogens with one attached hydrogen (secondary N) is 1. The van der Waals surface area contributed by atoms with Crippen molar-refractivity contribution in [3.8, 4) is 0 Å². The van der Waals surface area contributed by atoms with Gasteiger partial charge in [0.1, 0.15) is 5.82 Å². The third-order valence-corrected chi connectivity index (χ3v) is 3.89. The van der Waals surface area contributed by atoms with E-state index >= 15 is 0 Å². The molecule has 1 aromatic carbocycles. The second kappa shape index (κ2) is 9.07. The Kier molecular flexibility index (Phi) is 6.81. The number of aryl methyl sites for hydroxylation is 2. The van der Waals surface area contributed by atoms with Crippen LogP contribution in [0.1, 0.15) is 42.7 Å². The number of anilines is 1. The normalized spacial score (nSPS) is 11.7. The highest BCUT2D eigenvalue weighted by molar-refractivity contribution is 5.96. The molecular formula is C19H22FN3O4. The average molecular weight is 375 g/mol. The lowest BCUT2D eigenvalue weighted by Gasteiger charge is -2.14. The van der Waals surface area contributed by atoms with E-state index in [0.717, 1.165) is 12.8 Å². The molecule has 8 heteroatoms. The summed E-state index contributed by atoms with van der Waals surface area (Å²) in [7, 11) is 0. The van der Waals surface area contributed by atoms with Crippen LogP contribution < -0.4 is 10.9 Å². The molecule has 0 saturated carbocycles. The first-order chi connectivity index (χ1) is 12.8. The fourth-order valence-electron chi connectivity index (χ4n) is 2.21. The molecule has 0 spiro atoms. The van der Waals surface area contributed by atoms with Crippen LogP contribution in [-0.2, 0) is 16.1 Å². The molecule has 1 heterocycles. The van der Waals surface area contributed by atoms with Crippen LogP contribution in [0, 0.1) is 12.7 Å². The van der Waals surface area contributed by atoms with Gasteiger partial charge in [0.15, 0.2) is 11.8 Å². The molecule has 1 N–H and O–H groups in total. The maximum atomic E-state index is 13.5. The average Bonchev–Trinajstić information content (AvgIpc) is 2.63. The number of esters is 1. The standard InChI is InChI=1S/C19H22FN3O4/c1-4-5-10-23-17(24)9-8-16(22-23)19(26)27-13(3)18(25)21-14-7-6-12(2)15(20)11-14/h6-9,11,13H,4-5,10H2,1-3H3,(H,21,25). The van der Waals surface area contributed by atoms with E-state index in [0.29, 0.717) is 12.1 Å². The van der Waals surface area contributed by atoms with Crippen molar-refractivity contribution >= 4 is 17.6 Å². The third-order valence-electron chi connectivity index (χ3n) is 3.89. The number of carbonyl (C=O) groups excluding carboxylic acids is 2. The summed E-state index contributed by atoms with van der Waals surface area (Å²) in [6, 6.07) is 6.76. The van der Waals surface area contributed by atoms with E-state index < -0.39 is 23.8 Å². The summed E-state index contributed by atoms with van der Waals surface area (Å²) in [6.45, 7) is 5.37. The molecule has 1 atom stereocenters. The zero-order valence-corrected chi connectivity index (χ0v) is 15.5. The lowest BCUT2D eigenvalue weighted by molar-refractivity contribution is -0.123. The van der Waals surface area contributed by atoms with Gasteiger partial charge in [-0.3, -0.25) is 9.59 Å². The molecule has 27 heavy (non-hydrogen) atoms. The molecule has 1 aromatic heterocycles. The number of ether oxygens (including phenoxy) is 1. The number of benzene rings is 1. The summed E-state index contributed by atoms with van der Waals surface area (Å²) in [4.78, 5) is 36.1. The smallest absolute Gasteiger partial charge is 0.359 e. The molecule has 0 aliphatic rings. The number of nitrogens with zero attached hydrogens (tertiary/aromatic N) is 2. The van der Waals surface area contributed by atoms with Crippen molar-refractivity contribution in [1.29, 1.82) is 0 Å². The Morgan fingerprint density at radius 3 is 2.70 bits per heavy atom. The van der Waals surface area contributed by atoms with Gasteiger partial charge >= 0.3 is 5.97 Å². The number of unbranched alkanes of at least 4 members (excludes halogenated alkanes) is 1. The SMILES string of the molecule is CCCCn1nc(C(=O)OC(C)C(=O)Nc2ccc(C)c(F)c2)ccc1=O. The number of halogens is 1. The molecule has 0 saturated heterocycles. The summed E-state index contributed by atoms with van der Waals surface area (Å²) in [5.41, 5.74) is 0.341. The van der Waals surface area contributed by atoms with Gasteiger partial charge < -0.3 is 10.1 Å². The first-order valence-corrected chi connectivity index (χ1v) is 8.68. The second-order valence-corrected chi connectivity index (χ2v) is 6.13. The van der Waals surface area contributed by atoms with Crippen LogP contribution in [0.25, 0.3) is 0 Å². The van der Waals surface area contributed by atoms with Crippen molar-refractivity contribution in [2.45, 2.75) is 46.3 Å². The van der Waals surface area contributed by atoms with Crippen molar-refractivity contribution in [3.05, 3.63) is 57.8 Å². The van der Waals surface area contributed by atoms with Gasteiger partial charge in [-0.2, -0.15) is 5.10 Å². The predicted octanol–water partition coefficient (Wildman–Crippen LogP) is 2.67. The minimum Gasteiger partial charge on any atom is -0.448 e. The molecule has 0 radical (unpaired) electrons. The molecular weight excluding hydrogens is 353 g/mol. The van der Waals surface area contributed by atoms with E-state index in [1.807, 2.05) is 6.92 Å². The van der Waals surface area contributed by atoms with Crippen LogP contribution in [0.5, 0.6) is 0 Å². The van der Waals surface area contributed by atoms with E-state index in [2.05, 4.69) is 10.4 Å². The van der Waals surface area contributed by atoms with Gasteiger partial charge in [0.2, 0.25) is 0 Å². The van der Waals surface area contributed by atoms with Gasteiger partial charge in [-0.05, 0) is 44.0 Å². The lowest BCUT2D eigenvalue weighted by Crippen LogP contribution is -2.31. The molecule has 1 amide bonds. The summed E-state index contributed by atoms with van der Waals surface area (Å²) in [5, 5.41) is 6.46. The first-order valence-electron chi connectivity index (χ1n) is 8.68. The molecule has 2 aromatic rings. The highest BCUT2D eigenvalue weighted by Crippen LogP contribution is 2.14. The summed E-state index contributed by atoms with van der Waals surface area (Å²) in [6.07, 6.45) is 0.497. The number of rotatable bonds is 7. The van der Waals surface area contributed by atoms with Crippen LogP contribution in [0.4, 0.5) is 10.1 Å². The number of hydrogen-bond acceptors (Lipinski definition) is 5. The quantitative estimate of drug-likeness (QED) is 0.752. The second-order valence-electron chi connectivity index (χ2n) is 6.13. The highest BCUT2D eigenvalue weighted by atomic mass is 19.1. The van der Waals surface area contributed by atoms with Crippen molar-refractivity contribution in [1.82, 2.24) is 9.78 Å². The Morgan fingerprint density at radius 1 is 1.30 bits per heavy atom. The zero-order chi connectivity index (χ0) is 20.0. The van der Waals surface area contributed by atoms with E-state index in [1.54, 1.807) is 13.0 Å². The molecule has 7 nitrogen and oxygen atoms in total. The van der Waals surface area contributed by atoms with Crippen molar-refractivity contribution < 1.29 is 18.7 Å². The molecule has 144 valence electrons. The minimum atomic E-state index is -1.13. The lowest BCUT2D eigenvalue weighted by atomic mass is 10.2. The Morgan fingerprint density at radius 2 is 2.04 bits per heavy atom. The fraction of sp³-hybridized carbons (Fsp3) is 0.368. The largest absolute Gasteiger partial charge is 0.448 e. The van der Waals surface area contributed by atoms with Crippen molar-refractivity contribution in [2.75, 3.05) is 5.32 Å². The third kappa shape index (κ3) is 5.47. The van der Waals surface area contributed by atoms with Crippen LogP contribution in [0.2, 0.25) is 0 Å². The van der Waals surface area contributed by atoms with Crippen molar-refractivity contribution in [3.63, 3.8) is 0 Å². The molecule has 0 aliphatic carbocycles. The van der Waals surface area contributed by atoms with Crippen LogP contribution in [0.15, 0.2) is 35.1 Å². The molecule has 0 aliphatic heterocycles. The Labute approximate surface area is 156 Å². The van der Waals surface area contributed by atoms with Crippen LogP contribution >= 0.6 is 0 Å². The summed E-state index contributed by atoms with van der Waals surface area (Å²) >= 11 is 0. The Balaban J connectivity index is 2.02. The molecule has 1 unspecified atom stereocenters. The number of carbonyl (C=O) groups is 2. The summed E-state index contributed by atoms with van der Waals surface area (Å²) < 4.78 is 19.8. The van der Waals surface area contributed by atoms with Crippen molar-refractivity contribution in [2.24, 2.45) is 0 Å². The topological polar surface area (TPSA) is 90.3 Å². The van der Waals surface area contributed by atoms with Gasteiger partial charge in [0.05, 0.1) is 0 Å². The number of hydrogen-bond donors (Lipinski definition) is 1. The van der Waals surface area contributed by atoms with Gasteiger partial charge in [0, 0.05) is 18.3 Å². The van der Waals surface area contributed by atoms with Gasteiger partial charge in [-0.1, -0.05) is 19.4 Å². The maximum Gasteiger partial charge on any atom is 0.359 e. The van der Waals surface area contributed by atoms with Crippen LogP contribution in [-0.4, -0.2) is 27.8 Å². The van der Waals surface area contributed by atoms with E-state index in [4.69, 9.17) is 4.74 Å². The Bertz CT molecular complexity index is 895. The number of amides is 1. The molecule has 0 bridgehead atoms. The Hall–Kier alpha value is -3.03.